The molecule has 2 nitrogen and oxygen atoms in total. The Bertz CT molecular complexity index is 351. The van der Waals surface area contributed by atoms with Crippen molar-refractivity contribution in [2.75, 3.05) is 6.61 Å². The van der Waals surface area contributed by atoms with Gasteiger partial charge in [-0.25, -0.2) is 0 Å². The number of benzene rings is 1. The van der Waals surface area contributed by atoms with Crippen LogP contribution in [0.1, 0.15) is 76.8 Å². The van der Waals surface area contributed by atoms with Crippen molar-refractivity contribution in [3.63, 3.8) is 0 Å². The molecule has 0 aromatic heterocycles. The Balaban J connectivity index is 2.36. The average molecular weight is 277 g/mol. The van der Waals surface area contributed by atoms with Gasteiger partial charge in [0.2, 0.25) is 0 Å². The molecule has 0 aliphatic rings. The van der Waals surface area contributed by atoms with Crippen molar-refractivity contribution >= 4 is 0 Å². The Morgan fingerprint density at radius 3 is 2.40 bits per heavy atom. The molecule has 1 unspecified atom stereocenters. The molecule has 0 heterocycles. The second kappa shape index (κ2) is 10.7. The van der Waals surface area contributed by atoms with Gasteiger partial charge in [0.1, 0.15) is 5.75 Å². The number of hydrogen-bond acceptors (Lipinski definition) is 2. The van der Waals surface area contributed by atoms with Crippen LogP contribution in [0.3, 0.4) is 0 Å². The molecule has 1 atom stereocenters. The van der Waals surface area contributed by atoms with Crippen LogP contribution >= 0.6 is 0 Å². The molecule has 0 spiro atoms. The van der Waals surface area contributed by atoms with Gasteiger partial charge >= 0.3 is 0 Å². The summed E-state index contributed by atoms with van der Waals surface area (Å²) in [6.45, 7) is 5.14. The van der Waals surface area contributed by atoms with Crippen molar-refractivity contribution in [1.29, 1.82) is 0 Å². The van der Waals surface area contributed by atoms with Gasteiger partial charge in [-0.05, 0) is 18.9 Å². The standard InChI is InChI=1S/C18H31NO/c1-3-5-6-7-8-9-13-17(19)16-12-10-11-14-18(16)20-15-4-2/h10-12,14,17H,3-9,13,15,19H2,1-2H3. The Hall–Kier alpha value is -1.02. The number of hydrogen-bond donors (Lipinski definition) is 1. The van der Waals surface area contributed by atoms with Crippen LogP contribution in [0, 0.1) is 0 Å². The lowest BCUT2D eigenvalue weighted by molar-refractivity contribution is 0.311. The lowest BCUT2D eigenvalue weighted by Gasteiger charge is -2.16. The van der Waals surface area contributed by atoms with Crippen LogP contribution in [0.25, 0.3) is 0 Å². The van der Waals surface area contributed by atoms with Gasteiger partial charge in [-0.1, -0.05) is 70.6 Å². The highest BCUT2D eigenvalue weighted by molar-refractivity contribution is 5.35. The molecule has 0 bridgehead atoms. The Morgan fingerprint density at radius 2 is 1.65 bits per heavy atom. The van der Waals surface area contributed by atoms with E-state index in [0.717, 1.165) is 30.8 Å². The molecule has 0 saturated heterocycles. The fourth-order valence-electron chi connectivity index (χ4n) is 2.43. The van der Waals surface area contributed by atoms with Gasteiger partial charge < -0.3 is 10.5 Å². The summed E-state index contributed by atoms with van der Waals surface area (Å²) in [6.07, 6.45) is 9.97. The number of nitrogens with two attached hydrogens (primary N) is 1. The van der Waals surface area contributed by atoms with Gasteiger partial charge in [-0.2, -0.15) is 0 Å². The molecule has 1 rings (SSSR count). The summed E-state index contributed by atoms with van der Waals surface area (Å²) in [4.78, 5) is 0. The molecule has 0 saturated carbocycles. The topological polar surface area (TPSA) is 35.2 Å². The zero-order valence-electron chi connectivity index (χ0n) is 13.2. The van der Waals surface area contributed by atoms with Crippen LogP contribution in [-0.4, -0.2) is 6.61 Å². The molecule has 0 aliphatic carbocycles. The van der Waals surface area contributed by atoms with Gasteiger partial charge in [-0.15, -0.1) is 0 Å². The van der Waals surface area contributed by atoms with E-state index in [4.69, 9.17) is 10.5 Å². The third-order valence-electron chi connectivity index (χ3n) is 3.65. The van der Waals surface area contributed by atoms with Crippen molar-refractivity contribution < 1.29 is 4.74 Å². The van der Waals surface area contributed by atoms with Crippen molar-refractivity contribution in [3.8, 4) is 5.75 Å². The summed E-state index contributed by atoms with van der Waals surface area (Å²) in [7, 11) is 0. The molecule has 1 aromatic carbocycles. The molecule has 114 valence electrons. The summed E-state index contributed by atoms with van der Waals surface area (Å²) in [5.74, 6) is 0.966. The van der Waals surface area contributed by atoms with E-state index in [9.17, 15) is 0 Å². The van der Waals surface area contributed by atoms with Crippen molar-refractivity contribution in [3.05, 3.63) is 29.8 Å². The molecular weight excluding hydrogens is 246 g/mol. The van der Waals surface area contributed by atoms with Crippen LogP contribution in [0.15, 0.2) is 24.3 Å². The predicted octanol–water partition coefficient (Wildman–Crippen LogP) is 5.23. The van der Waals surface area contributed by atoms with Crippen LogP contribution < -0.4 is 10.5 Å². The smallest absolute Gasteiger partial charge is 0.124 e. The second-order valence-electron chi connectivity index (χ2n) is 5.55. The summed E-state index contributed by atoms with van der Waals surface area (Å²) in [6, 6.07) is 8.31. The van der Waals surface area contributed by atoms with Gasteiger partial charge in [0, 0.05) is 11.6 Å². The first kappa shape index (κ1) is 17.0. The number of rotatable bonds is 11. The lowest BCUT2D eigenvalue weighted by Crippen LogP contribution is -2.12. The highest BCUT2D eigenvalue weighted by Gasteiger charge is 2.11. The van der Waals surface area contributed by atoms with E-state index in [1.54, 1.807) is 0 Å². The Morgan fingerprint density at radius 1 is 0.950 bits per heavy atom. The summed E-state index contributed by atoms with van der Waals surface area (Å²) in [5.41, 5.74) is 7.49. The normalized spacial score (nSPS) is 12.3. The van der Waals surface area contributed by atoms with Gasteiger partial charge in [0.05, 0.1) is 6.61 Å². The predicted molar refractivity (Wildman–Crippen MR) is 87.1 cm³/mol. The SMILES string of the molecule is CCCCCCCCC(N)c1ccccc1OCCC. The number of ether oxygens (including phenoxy) is 1. The summed E-state index contributed by atoms with van der Waals surface area (Å²) >= 11 is 0. The lowest BCUT2D eigenvalue weighted by atomic mass is 9.99. The van der Waals surface area contributed by atoms with Gasteiger partial charge in [-0.3, -0.25) is 0 Å². The zero-order chi connectivity index (χ0) is 14.6. The molecule has 0 fully saturated rings. The maximum Gasteiger partial charge on any atom is 0.124 e. The van der Waals surface area contributed by atoms with E-state index in [1.165, 1.54) is 38.5 Å². The van der Waals surface area contributed by atoms with Crippen molar-refractivity contribution in [2.45, 2.75) is 71.3 Å². The number of para-hydroxylation sites is 1. The summed E-state index contributed by atoms with van der Waals surface area (Å²) < 4.78 is 5.79. The molecule has 2 N–H and O–H groups in total. The third kappa shape index (κ3) is 6.42. The fourth-order valence-corrected chi connectivity index (χ4v) is 2.43. The summed E-state index contributed by atoms with van der Waals surface area (Å²) in [5, 5.41) is 0. The third-order valence-corrected chi connectivity index (χ3v) is 3.65. The molecule has 1 aromatic rings. The molecule has 0 radical (unpaired) electrons. The van der Waals surface area contributed by atoms with E-state index < -0.39 is 0 Å². The van der Waals surface area contributed by atoms with Crippen LogP contribution in [0.5, 0.6) is 5.75 Å². The van der Waals surface area contributed by atoms with Gasteiger partial charge in [0.15, 0.2) is 0 Å². The average Bonchev–Trinajstić information content (AvgIpc) is 2.48. The minimum atomic E-state index is 0.106. The van der Waals surface area contributed by atoms with Crippen LogP contribution in [0.2, 0.25) is 0 Å². The number of unbranched alkanes of at least 4 members (excludes halogenated alkanes) is 5. The first-order valence-electron chi connectivity index (χ1n) is 8.26. The van der Waals surface area contributed by atoms with Gasteiger partial charge in [0.25, 0.3) is 0 Å². The monoisotopic (exact) mass is 277 g/mol. The highest BCUT2D eigenvalue weighted by Crippen LogP contribution is 2.27. The quantitative estimate of drug-likeness (QED) is 0.562. The van der Waals surface area contributed by atoms with E-state index in [1.807, 2.05) is 12.1 Å². The molecule has 2 heteroatoms. The highest BCUT2D eigenvalue weighted by atomic mass is 16.5. The fraction of sp³-hybridized carbons (Fsp3) is 0.667. The van der Waals surface area contributed by atoms with E-state index in [0.29, 0.717) is 0 Å². The molecule has 20 heavy (non-hydrogen) atoms. The van der Waals surface area contributed by atoms with E-state index in [-0.39, 0.29) is 6.04 Å². The molecule has 0 amide bonds. The van der Waals surface area contributed by atoms with Crippen molar-refractivity contribution in [2.24, 2.45) is 5.73 Å². The minimum Gasteiger partial charge on any atom is -0.493 e. The molecule has 0 aliphatic heterocycles. The van der Waals surface area contributed by atoms with Crippen LogP contribution in [0.4, 0.5) is 0 Å². The first-order valence-corrected chi connectivity index (χ1v) is 8.26. The Labute approximate surface area is 124 Å². The van der Waals surface area contributed by atoms with E-state index >= 15 is 0 Å². The maximum atomic E-state index is 6.33. The minimum absolute atomic E-state index is 0.106. The van der Waals surface area contributed by atoms with E-state index in [2.05, 4.69) is 26.0 Å². The van der Waals surface area contributed by atoms with Crippen LogP contribution in [-0.2, 0) is 0 Å². The zero-order valence-corrected chi connectivity index (χ0v) is 13.2. The first-order chi connectivity index (χ1) is 9.79. The Kier molecular flexibility index (Phi) is 9.14. The van der Waals surface area contributed by atoms with Crippen molar-refractivity contribution in [1.82, 2.24) is 0 Å². The maximum absolute atomic E-state index is 6.33. The largest absolute Gasteiger partial charge is 0.493 e. The molecular formula is C18H31NO. The second-order valence-corrected chi connectivity index (χ2v) is 5.55.